The van der Waals surface area contributed by atoms with Crippen molar-refractivity contribution >= 4 is 19.7 Å². The van der Waals surface area contributed by atoms with Crippen molar-refractivity contribution in [2.24, 2.45) is 11.8 Å². The largest absolute Gasteiger partial charge is 0.224 e. The molecule has 30 heavy (non-hydrogen) atoms. The standard InChI is InChI=1S/C24H28O4S2/c1-29(25,26)21-7-3-19(4-8-21)23-12-17-11-18(13-23)15-24(14-17,16-23)20-5-9-22(10-6-20)30(2,27)28/h3-10,17-18H,11-16H2,1-2H3. The highest BCUT2D eigenvalue weighted by atomic mass is 32.2. The Bertz CT molecular complexity index is 1090. The molecule has 0 atom stereocenters. The van der Waals surface area contributed by atoms with E-state index < -0.39 is 19.7 Å². The normalized spacial score (nSPS) is 33.0. The molecule has 4 bridgehead atoms. The molecular formula is C24H28O4S2. The summed E-state index contributed by atoms with van der Waals surface area (Å²) in [5.74, 6) is 1.35. The molecule has 2 aromatic rings. The van der Waals surface area contributed by atoms with Crippen LogP contribution in [0.2, 0.25) is 0 Å². The Hall–Kier alpha value is -1.66. The minimum Gasteiger partial charge on any atom is -0.224 e. The van der Waals surface area contributed by atoms with Gasteiger partial charge in [-0.1, -0.05) is 24.3 Å². The van der Waals surface area contributed by atoms with Crippen molar-refractivity contribution in [3.05, 3.63) is 59.7 Å². The van der Waals surface area contributed by atoms with E-state index in [0.717, 1.165) is 6.42 Å². The van der Waals surface area contributed by atoms with E-state index in [1.54, 1.807) is 24.3 Å². The topological polar surface area (TPSA) is 68.3 Å². The molecule has 0 N–H and O–H groups in total. The van der Waals surface area contributed by atoms with E-state index in [1.165, 1.54) is 55.7 Å². The lowest BCUT2D eigenvalue weighted by molar-refractivity contribution is -0.0281. The van der Waals surface area contributed by atoms with E-state index in [-0.39, 0.29) is 10.8 Å². The third-order valence-electron chi connectivity index (χ3n) is 7.85. The van der Waals surface area contributed by atoms with Crippen molar-refractivity contribution < 1.29 is 16.8 Å². The van der Waals surface area contributed by atoms with Gasteiger partial charge in [0, 0.05) is 12.5 Å². The molecule has 4 aliphatic rings. The van der Waals surface area contributed by atoms with Gasteiger partial charge >= 0.3 is 0 Å². The molecule has 6 heteroatoms. The van der Waals surface area contributed by atoms with Crippen molar-refractivity contribution in [1.29, 1.82) is 0 Å². The average molecular weight is 445 g/mol. The van der Waals surface area contributed by atoms with Crippen LogP contribution in [-0.2, 0) is 30.5 Å². The van der Waals surface area contributed by atoms with Crippen LogP contribution in [0.25, 0.3) is 0 Å². The molecule has 4 saturated carbocycles. The van der Waals surface area contributed by atoms with Gasteiger partial charge in [-0.2, -0.15) is 0 Å². The van der Waals surface area contributed by atoms with Crippen LogP contribution in [0, 0.1) is 11.8 Å². The van der Waals surface area contributed by atoms with Gasteiger partial charge in [0.1, 0.15) is 0 Å². The van der Waals surface area contributed by atoms with Crippen LogP contribution in [0.4, 0.5) is 0 Å². The van der Waals surface area contributed by atoms with E-state index in [9.17, 15) is 16.8 Å². The highest BCUT2D eigenvalue weighted by molar-refractivity contribution is 7.91. The second-order valence-corrected chi connectivity index (χ2v) is 14.1. The van der Waals surface area contributed by atoms with E-state index in [2.05, 4.69) is 0 Å². The molecule has 0 unspecified atom stereocenters. The lowest BCUT2D eigenvalue weighted by Gasteiger charge is -2.63. The Kier molecular flexibility index (Phi) is 4.34. The second kappa shape index (κ2) is 6.42. The second-order valence-electron chi connectivity index (χ2n) is 10.1. The van der Waals surface area contributed by atoms with Crippen LogP contribution in [0.1, 0.15) is 49.7 Å². The molecule has 0 radical (unpaired) electrons. The van der Waals surface area contributed by atoms with Crippen LogP contribution >= 0.6 is 0 Å². The summed E-state index contributed by atoms with van der Waals surface area (Å²) in [4.78, 5) is 0.754. The molecule has 0 amide bonds. The molecule has 0 spiro atoms. The van der Waals surface area contributed by atoms with Gasteiger partial charge in [0.25, 0.3) is 0 Å². The first-order valence-electron chi connectivity index (χ1n) is 10.6. The Balaban J connectivity index is 1.54. The van der Waals surface area contributed by atoms with Gasteiger partial charge in [-0.3, -0.25) is 0 Å². The zero-order valence-corrected chi connectivity index (χ0v) is 19.1. The van der Waals surface area contributed by atoms with Gasteiger partial charge in [0.05, 0.1) is 9.79 Å². The maximum atomic E-state index is 11.9. The number of hydrogen-bond donors (Lipinski definition) is 0. The zero-order valence-electron chi connectivity index (χ0n) is 17.5. The van der Waals surface area contributed by atoms with E-state index >= 15 is 0 Å². The molecular weight excluding hydrogens is 416 g/mol. The van der Waals surface area contributed by atoms with Crippen LogP contribution in [0.15, 0.2) is 58.3 Å². The summed E-state index contributed by atoms with van der Waals surface area (Å²) < 4.78 is 47.5. The third kappa shape index (κ3) is 3.23. The third-order valence-corrected chi connectivity index (χ3v) is 10.1. The van der Waals surface area contributed by atoms with Gasteiger partial charge in [-0.15, -0.1) is 0 Å². The van der Waals surface area contributed by atoms with Gasteiger partial charge < -0.3 is 0 Å². The van der Waals surface area contributed by atoms with E-state index in [0.29, 0.717) is 21.6 Å². The van der Waals surface area contributed by atoms with Crippen molar-refractivity contribution in [3.63, 3.8) is 0 Å². The summed E-state index contributed by atoms with van der Waals surface area (Å²) >= 11 is 0. The molecule has 160 valence electrons. The van der Waals surface area contributed by atoms with Gasteiger partial charge in [0.2, 0.25) is 0 Å². The number of benzene rings is 2. The van der Waals surface area contributed by atoms with Crippen LogP contribution in [0.3, 0.4) is 0 Å². The van der Waals surface area contributed by atoms with Gasteiger partial charge in [0.15, 0.2) is 19.7 Å². The first kappa shape index (κ1) is 20.3. The number of sulfone groups is 2. The minimum atomic E-state index is -3.20. The Morgan fingerprint density at radius 1 is 0.633 bits per heavy atom. The summed E-state index contributed by atoms with van der Waals surface area (Å²) in [5.41, 5.74) is 2.72. The SMILES string of the molecule is CS(=O)(=O)c1ccc(C23CC4CC(C2)CC(c2ccc(S(C)(=O)=O)cc2)(C4)C3)cc1. The van der Waals surface area contributed by atoms with Crippen molar-refractivity contribution in [2.45, 2.75) is 59.1 Å². The first-order chi connectivity index (χ1) is 14.0. The van der Waals surface area contributed by atoms with E-state index in [4.69, 9.17) is 0 Å². The van der Waals surface area contributed by atoms with Gasteiger partial charge in [-0.05, 0) is 96.6 Å². The van der Waals surface area contributed by atoms with E-state index in [1.807, 2.05) is 24.3 Å². The maximum Gasteiger partial charge on any atom is 0.175 e. The summed E-state index contributed by atoms with van der Waals surface area (Å²) in [6.07, 6.45) is 9.53. The fraction of sp³-hybridized carbons (Fsp3) is 0.500. The van der Waals surface area contributed by atoms with Crippen LogP contribution < -0.4 is 0 Å². The number of rotatable bonds is 4. The average Bonchev–Trinajstić information content (AvgIpc) is 2.66. The van der Waals surface area contributed by atoms with Crippen LogP contribution in [0.5, 0.6) is 0 Å². The maximum absolute atomic E-state index is 11.9. The predicted octanol–water partition coefficient (Wildman–Crippen LogP) is 4.28. The molecule has 4 fully saturated rings. The highest BCUT2D eigenvalue weighted by Gasteiger charge is 2.58. The fourth-order valence-corrected chi connectivity index (χ4v) is 8.31. The summed E-state index contributed by atoms with van der Waals surface area (Å²) in [6.45, 7) is 0. The smallest absolute Gasteiger partial charge is 0.175 e. The van der Waals surface area contributed by atoms with Crippen LogP contribution in [-0.4, -0.2) is 29.3 Å². The Morgan fingerprint density at radius 2 is 0.967 bits per heavy atom. The predicted molar refractivity (Wildman–Crippen MR) is 117 cm³/mol. The quantitative estimate of drug-likeness (QED) is 0.706. The number of hydrogen-bond acceptors (Lipinski definition) is 4. The van der Waals surface area contributed by atoms with Crippen molar-refractivity contribution in [1.82, 2.24) is 0 Å². The minimum absolute atomic E-state index is 0.0929. The van der Waals surface area contributed by atoms with Crippen molar-refractivity contribution in [2.75, 3.05) is 12.5 Å². The molecule has 4 nitrogen and oxygen atoms in total. The lowest BCUT2D eigenvalue weighted by Crippen LogP contribution is -2.55. The molecule has 0 saturated heterocycles. The molecule has 0 aromatic heterocycles. The fourth-order valence-electron chi connectivity index (χ4n) is 7.05. The van der Waals surface area contributed by atoms with Gasteiger partial charge in [-0.25, -0.2) is 16.8 Å². The lowest BCUT2D eigenvalue weighted by atomic mass is 9.42. The summed E-state index contributed by atoms with van der Waals surface area (Å²) in [7, 11) is -6.39. The highest BCUT2D eigenvalue weighted by Crippen LogP contribution is 2.66. The Morgan fingerprint density at radius 3 is 1.27 bits per heavy atom. The molecule has 0 aliphatic heterocycles. The van der Waals surface area contributed by atoms with Crippen molar-refractivity contribution in [3.8, 4) is 0 Å². The summed E-state index contributed by atoms with van der Waals surface area (Å²) in [6, 6.07) is 15.2. The molecule has 6 rings (SSSR count). The summed E-state index contributed by atoms with van der Waals surface area (Å²) in [5, 5.41) is 0. The zero-order chi connectivity index (χ0) is 21.4. The first-order valence-corrected chi connectivity index (χ1v) is 14.4. The molecule has 2 aromatic carbocycles. The molecule has 4 aliphatic carbocycles. The Labute approximate surface area is 179 Å². The monoisotopic (exact) mass is 444 g/mol. The molecule has 0 heterocycles.